The number of ether oxygens (including phenoxy) is 1. The zero-order valence-electron chi connectivity index (χ0n) is 12.0. The van der Waals surface area contributed by atoms with Gasteiger partial charge in [0.15, 0.2) is 9.84 Å². The molecular weight excluding hydrogens is 276 g/mol. The molecule has 0 aliphatic heterocycles. The van der Waals surface area contributed by atoms with Gasteiger partial charge in [0.1, 0.15) is 11.4 Å². The van der Waals surface area contributed by atoms with Gasteiger partial charge >= 0.3 is 0 Å². The van der Waals surface area contributed by atoms with Crippen molar-refractivity contribution in [2.75, 3.05) is 12.9 Å². The van der Waals surface area contributed by atoms with Crippen LogP contribution in [0.5, 0.6) is 5.75 Å². The first-order chi connectivity index (χ1) is 9.39. The van der Waals surface area contributed by atoms with Crippen LogP contribution in [0.15, 0.2) is 24.3 Å². The summed E-state index contributed by atoms with van der Waals surface area (Å²) in [6.45, 7) is 2.56. The van der Waals surface area contributed by atoms with Crippen LogP contribution in [0, 0.1) is 0 Å². The summed E-state index contributed by atoms with van der Waals surface area (Å²) in [5.74, 6) is 0.590. The average Bonchev–Trinajstić information content (AvgIpc) is 2.80. The fourth-order valence-corrected chi connectivity index (χ4v) is 4.54. The molecule has 1 fully saturated rings. The van der Waals surface area contributed by atoms with Gasteiger partial charge < -0.3 is 9.84 Å². The van der Waals surface area contributed by atoms with Crippen LogP contribution in [0.3, 0.4) is 0 Å². The zero-order chi connectivity index (χ0) is 14.8. The van der Waals surface area contributed by atoms with Gasteiger partial charge in [0.05, 0.1) is 11.9 Å². The molecular formula is C15H22O4S. The Balaban J connectivity index is 2.43. The third kappa shape index (κ3) is 2.83. The zero-order valence-corrected chi connectivity index (χ0v) is 12.8. The van der Waals surface area contributed by atoms with E-state index in [1.807, 2.05) is 19.1 Å². The van der Waals surface area contributed by atoms with Gasteiger partial charge in [0.2, 0.25) is 0 Å². The highest BCUT2D eigenvalue weighted by atomic mass is 32.2. The normalized spacial score (nSPS) is 26.6. The lowest BCUT2D eigenvalue weighted by Crippen LogP contribution is -2.40. The summed E-state index contributed by atoms with van der Waals surface area (Å²) in [6.07, 6.45) is 3.72. The number of rotatable bonds is 5. The van der Waals surface area contributed by atoms with E-state index in [-0.39, 0.29) is 0 Å². The van der Waals surface area contributed by atoms with Gasteiger partial charge in [0.25, 0.3) is 0 Å². The van der Waals surface area contributed by atoms with E-state index in [4.69, 9.17) is 4.74 Å². The van der Waals surface area contributed by atoms with Gasteiger partial charge in [-0.05, 0) is 31.7 Å². The first-order valence-electron chi connectivity index (χ1n) is 7.03. The predicted molar refractivity (Wildman–Crippen MR) is 78.6 cm³/mol. The Bertz CT molecular complexity index is 567. The monoisotopic (exact) mass is 298 g/mol. The maximum absolute atomic E-state index is 11.9. The first kappa shape index (κ1) is 15.3. The molecule has 5 heteroatoms. The molecule has 0 radical (unpaired) electrons. The highest BCUT2D eigenvalue weighted by Crippen LogP contribution is 2.45. The molecule has 4 nitrogen and oxygen atoms in total. The summed E-state index contributed by atoms with van der Waals surface area (Å²) in [5, 5.41) is 10.2. The van der Waals surface area contributed by atoms with E-state index >= 15 is 0 Å². The second kappa shape index (κ2) is 5.74. The van der Waals surface area contributed by atoms with Crippen LogP contribution in [0.2, 0.25) is 0 Å². The van der Waals surface area contributed by atoms with Crippen LogP contribution in [-0.4, -0.2) is 31.6 Å². The van der Waals surface area contributed by atoms with Crippen LogP contribution >= 0.6 is 0 Å². The molecule has 2 unspecified atom stereocenters. The van der Waals surface area contributed by atoms with Crippen LogP contribution < -0.4 is 4.74 Å². The summed E-state index contributed by atoms with van der Waals surface area (Å²) in [6, 6.07) is 7.21. The Kier molecular flexibility index (Phi) is 4.39. The molecule has 0 saturated heterocycles. The van der Waals surface area contributed by atoms with Gasteiger partial charge in [-0.1, -0.05) is 25.1 Å². The number of benzene rings is 1. The van der Waals surface area contributed by atoms with Gasteiger partial charge in [-0.2, -0.15) is 0 Å². The van der Waals surface area contributed by atoms with Crippen molar-refractivity contribution in [2.45, 2.75) is 43.5 Å². The summed E-state index contributed by atoms with van der Waals surface area (Å²) >= 11 is 0. The van der Waals surface area contributed by atoms with Crippen molar-refractivity contribution in [3.05, 3.63) is 29.8 Å². The van der Waals surface area contributed by atoms with Crippen molar-refractivity contribution in [3.63, 3.8) is 0 Å². The summed E-state index contributed by atoms with van der Waals surface area (Å²) < 4.78 is 29.6. The molecule has 2 rings (SSSR count). The smallest absolute Gasteiger partial charge is 0.153 e. The molecule has 0 heterocycles. The molecule has 2 atom stereocenters. The molecule has 20 heavy (non-hydrogen) atoms. The molecule has 0 aromatic heterocycles. The van der Waals surface area contributed by atoms with Crippen molar-refractivity contribution < 1.29 is 18.3 Å². The number of para-hydroxylation sites is 1. The standard InChI is InChI=1S/C15H22O4S/c1-3-11-19-13-8-5-4-7-12(13)15(16)10-6-9-14(15)20(2,17)18/h4-5,7-8,14,16H,3,6,9-11H2,1-2H3. The molecule has 112 valence electrons. The van der Waals surface area contributed by atoms with Crippen molar-refractivity contribution in [2.24, 2.45) is 0 Å². The minimum atomic E-state index is -3.30. The van der Waals surface area contributed by atoms with Crippen molar-refractivity contribution in [1.29, 1.82) is 0 Å². The minimum Gasteiger partial charge on any atom is -0.493 e. The van der Waals surface area contributed by atoms with E-state index in [2.05, 4.69) is 0 Å². The number of aliphatic hydroxyl groups is 1. The van der Waals surface area contributed by atoms with E-state index in [0.29, 0.717) is 37.2 Å². The second-order valence-electron chi connectivity index (χ2n) is 5.48. The molecule has 0 amide bonds. The average molecular weight is 298 g/mol. The summed E-state index contributed by atoms with van der Waals surface area (Å²) in [5.41, 5.74) is -0.737. The molecule has 1 aliphatic carbocycles. The molecule has 1 aromatic rings. The Morgan fingerprint density at radius 1 is 1.40 bits per heavy atom. The lowest BCUT2D eigenvalue weighted by atomic mass is 9.91. The molecule has 1 N–H and O–H groups in total. The fraction of sp³-hybridized carbons (Fsp3) is 0.600. The van der Waals surface area contributed by atoms with Gasteiger partial charge in [-0.3, -0.25) is 0 Å². The predicted octanol–water partition coefficient (Wildman–Crippen LogP) is 2.26. The molecule has 1 aromatic carbocycles. The largest absolute Gasteiger partial charge is 0.493 e. The number of hydrogen-bond donors (Lipinski definition) is 1. The highest BCUT2D eigenvalue weighted by molar-refractivity contribution is 7.91. The van der Waals surface area contributed by atoms with Gasteiger partial charge in [0, 0.05) is 11.8 Å². The van der Waals surface area contributed by atoms with Crippen molar-refractivity contribution >= 4 is 9.84 Å². The first-order valence-corrected chi connectivity index (χ1v) is 8.98. The Hall–Kier alpha value is -1.07. The summed E-state index contributed by atoms with van der Waals surface area (Å²) in [7, 11) is -3.30. The Morgan fingerprint density at radius 2 is 2.10 bits per heavy atom. The van der Waals surface area contributed by atoms with E-state index in [9.17, 15) is 13.5 Å². The van der Waals surface area contributed by atoms with Gasteiger partial charge in [-0.25, -0.2) is 8.42 Å². The molecule has 0 bridgehead atoms. The van der Waals surface area contributed by atoms with E-state index in [0.717, 1.165) is 6.42 Å². The third-order valence-electron chi connectivity index (χ3n) is 3.89. The SMILES string of the molecule is CCCOc1ccccc1C1(O)CCCC1S(C)(=O)=O. The second-order valence-corrected chi connectivity index (χ2v) is 7.71. The number of sulfone groups is 1. The Labute approximate surface area is 120 Å². The summed E-state index contributed by atoms with van der Waals surface area (Å²) in [4.78, 5) is 0. The van der Waals surface area contributed by atoms with Crippen LogP contribution in [0.1, 0.15) is 38.2 Å². The quantitative estimate of drug-likeness (QED) is 0.905. The van der Waals surface area contributed by atoms with Crippen LogP contribution in [0.4, 0.5) is 0 Å². The number of hydrogen-bond acceptors (Lipinski definition) is 4. The molecule has 1 saturated carbocycles. The maximum atomic E-state index is 11.9. The maximum Gasteiger partial charge on any atom is 0.153 e. The van der Waals surface area contributed by atoms with Crippen molar-refractivity contribution in [3.8, 4) is 5.75 Å². The van der Waals surface area contributed by atoms with Crippen LogP contribution in [-0.2, 0) is 15.4 Å². The van der Waals surface area contributed by atoms with Gasteiger partial charge in [-0.15, -0.1) is 0 Å². The lowest BCUT2D eigenvalue weighted by Gasteiger charge is -2.31. The highest BCUT2D eigenvalue weighted by Gasteiger charge is 2.49. The van der Waals surface area contributed by atoms with Crippen molar-refractivity contribution in [1.82, 2.24) is 0 Å². The lowest BCUT2D eigenvalue weighted by molar-refractivity contribution is 0.0444. The van der Waals surface area contributed by atoms with E-state index in [1.165, 1.54) is 6.26 Å². The molecule has 0 spiro atoms. The van der Waals surface area contributed by atoms with E-state index in [1.54, 1.807) is 12.1 Å². The third-order valence-corrected chi connectivity index (χ3v) is 5.55. The van der Waals surface area contributed by atoms with Crippen LogP contribution in [0.25, 0.3) is 0 Å². The van der Waals surface area contributed by atoms with E-state index < -0.39 is 20.7 Å². The topological polar surface area (TPSA) is 63.6 Å². The fourth-order valence-electron chi connectivity index (χ4n) is 3.00. The Morgan fingerprint density at radius 3 is 2.75 bits per heavy atom. The minimum absolute atomic E-state index is 0.456. The molecule has 1 aliphatic rings.